The van der Waals surface area contributed by atoms with E-state index in [0.717, 1.165) is 19.4 Å². The van der Waals surface area contributed by atoms with Gasteiger partial charge in [-0.1, -0.05) is 26.1 Å². The number of carbonyl (C=O) groups excluding carboxylic acids is 1. The molecule has 0 heterocycles. The minimum atomic E-state index is 0.0275. The number of hydrogen-bond acceptors (Lipinski definition) is 2. The first-order valence-electron chi connectivity index (χ1n) is 6.32. The van der Waals surface area contributed by atoms with Gasteiger partial charge in [0.25, 0.3) is 0 Å². The van der Waals surface area contributed by atoms with Crippen LogP contribution >= 0.6 is 12.2 Å². The third-order valence-corrected chi connectivity index (χ3v) is 3.14. The first-order valence-corrected chi connectivity index (χ1v) is 6.73. The molecular formula is C12H23N3OS. The zero-order valence-electron chi connectivity index (χ0n) is 10.7. The molecule has 2 amide bonds. The van der Waals surface area contributed by atoms with Crippen molar-refractivity contribution in [3.63, 3.8) is 0 Å². The van der Waals surface area contributed by atoms with E-state index in [4.69, 9.17) is 18.0 Å². The molecule has 0 atom stereocenters. The van der Waals surface area contributed by atoms with Crippen molar-refractivity contribution in [1.29, 1.82) is 0 Å². The second-order valence-electron chi connectivity index (χ2n) is 5.13. The number of carbonyl (C=O) groups is 1. The van der Waals surface area contributed by atoms with Crippen molar-refractivity contribution in [2.75, 3.05) is 13.1 Å². The van der Waals surface area contributed by atoms with E-state index in [-0.39, 0.29) is 6.03 Å². The Hall–Kier alpha value is -0.840. The van der Waals surface area contributed by atoms with Crippen LogP contribution in [0.5, 0.6) is 0 Å². The molecule has 0 unspecified atom stereocenters. The number of amides is 2. The summed E-state index contributed by atoms with van der Waals surface area (Å²) >= 11 is 4.86. The minimum Gasteiger partial charge on any atom is -0.393 e. The van der Waals surface area contributed by atoms with Crippen LogP contribution in [0.15, 0.2) is 0 Å². The molecule has 0 radical (unpaired) electrons. The molecule has 1 aliphatic carbocycles. The van der Waals surface area contributed by atoms with E-state index in [1.54, 1.807) is 0 Å². The highest BCUT2D eigenvalue weighted by Gasteiger charge is 2.22. The second-order valence-corrected chi connectivity index (χ2v) is 5.66. The molecule has 1 fully saturated rings. The summed E-state index contributed by atoms with van der Waals surface area (Å²) in [4.78, 5) is 14.3. The summed E-state index contributed by atoms with van der Waals surface area (Å²) in [6.45, 7) is 5.57. The number of nitrogens with one attached hydrogen (secondary N) is 1. The lowest BCUT2D eigenvalue weighted by Crippen LogP contribution is -2.49. The summed E-state index contributed by atoms with van der Waals surface area (Å²) < 4.78 is 0. The molecule has 0 bridgehead atoms. The Morgan fingerprint density at radius 2 is 2.18 bits per heavy atom. The third kappa shape index (κ3) is 5.35. The normalized spacial score (nSPS) is 15.5. The second kappa shape index (κ2) is 6.79. The van der Waals surface area contributed by atoms with Crippen LogP contribution in [0.4, 0.5) is 4.79 Å². The summed E-state index contributed by atoms with van der Waals surface area (Å²) in [5, 5.41) is 3.05. The van der Waals surface area contributed by atoms with Crippen LogP contribution in [0.2, 0.25) is 0 Å². The van der Waals surface area contributed by atoms with Crippen molar-refractivity contribution >= 4 is 23.2 Å². The topological polar surface area (TPSA) is 58.4 Å². The molecule has 0 spiro atoms. The number of thiocarbonyl (C=S) groups is 1. The van der Waals surface area contributed by atoms with Crippen LogP contribution in [-0.2, 0) is 0 Å². The molecule has 98 valence electrons. The minimum absolute atomic E-state index is 0.0275. The van der Waals surface area contributed by atoms with Crippen LogP contribution in [-0.4, -0.2) is 35.1 Å². The van der Waals surface area contributed by atoms with E-state index in [1.807, 2.05) is 4.90 Å². The van der Waals surface area contributed by atoms with Crippen molar-refractivity contribution in [2.24, 2.45) is 11.7 Å². The highest BCUT2D eigenvalue weighted by atomic mass is 32.1. The predicted octanol–water partition coefficient (Wildman–Crippen LogP) is 1.88. The Morgan fingerprint density at radius 3 is 2.59 bits per heavy atom. The number of nitrogens with zero attached hydrogens (tertiary/aromatic N) is 1. The average molecular weight is 257 g/mol. The summed E-state index contributed by atoms with van der Waals surface area (Å²) in [7, 11) is 0. The maximum Gasteiger partial charge on any atom is 0.317 e. The summed E-state index contributed by atoms with van der Waals surface area (Å²) in [5.74, 6) is 0.452. The van der Waals surface area contributed by atoms with Crippen molar-refractivity contribution < 1.29 is 4.79 Å². The predicted molar refractivity (Wildman–Crippen MR) is 74.0 cm³/mol. The lowest BCUT2D eigenvalue weighted by atomic mass is 9.93. The van der Waals surface area contributed by atoms with Gasteiger partial charge in [0.05, 0.1) is 4.99 Å². The molecule has 5 heteroatoms. The fourth-order valence-corrected chi connectivity index (χ4v) is 1.87. The molecule has 0 saturated heterocycles. The molecule has 3 N–H and O–H groups in total. The lowest BCUT2D eigenvalue weighted by Gasteiger charge is -2.31. The van der Waals surface area contributed by atoms with Gasteiger partial charge in [0.1, 0.15) is 0 Å². The first-order chi connectivity index (χ1) is 7.99. The van der Waals surface area contributed by atoms with Gasteiger partial charge in [-0.15, -0.1) is 0 Å². The zero-order valence-corrected chi connectivity index (χ0v) is 11.6. The maximum absolute atomic E-state index is 12.0. The van der Waals surface area contributed by atoms with Gasteiger partial charge in [0.2, 0.25) is 0 Å². The quantitative estimate of drug-likeness (QED) is 0.714. The van der Waals surface area contributed by atoms with Gasteiger partial charge < -0.3 is 16.0 Å². The van der Waals surface area contributed by atoms with Crippen LogP contribution < -0.4 is 11.1 Å². The SMILES string of the molecule is CC(C)CN(CCC(N)=S)C(=O)NC1CCC1. The summed E-state index contributed by atoms with van der Waals surface area (Å²) in [5.41, 5.74) is 5.48. The van der Waals surface area contributed by atoms with Crippen LogP contribution in [0.1, 0.15) is 39.5 Å². The van der Waals surface area contributed by atoms with Crippen LogP contribution in [0.3, 0.4) is 0 Å². The Kier molecular flexibility index (Phi) is 5.68. The number of rotatable bonds is 6. The Morgan fingerprint density at radius 1 is 1.53 bits per heavy atom. The smallest absolute Gasteiger partial charge is 0.317 e. The number of urea groups is 1. The largest absolute Gasteiger partial charge is 0.393 e. The van der Waals surface area contributed by atoms with E-state index < -0.39 is 0 Å². The van der Waals surface area contributed by atoms with Gasteiger partial charge in [-0.05, 0) is 25.2 Å². The van der Waals surface area contributed by atoms with Crippen molar-refractivity contribution in [1.82, 2.24) is 10.2 Å². The molecular weight excluding hydrogens is 234 g/mol. The van der Waals surface area contributed by atoms with Gasteiger partial charge in [-0.25, -0.2) is 4.79 Å². The van der Waals surface area contributed by atoms with Gasteiger partial charge in [0, 0.05) is 25.6 Å². The Balaban J connectivity index is 2.41. The van der Waals surface area contributed by atoms with Crippen LogP contribution in [0.25, 0.3) is 0 Å². The Bertz CT molecular complexity index is 277. The molecule has 0 aromatic carbocycles. The number of nitrogens with two attached hydrogens (primary N) is 1. The molecule has 1 aliphatic rings. The van der Waals surface area contributed by atoms with E-state index in [9.17, 15) is 4.79 Å². The van der Waals surface area contributed by atoms with Crippen LogP contribution in [0, 0.1) is 5.92 Å². The Labute approximate surface area is 109 Å². The fraction of sp³-hybridized carbons (Fsp3) is 0.833. The van der Waals surface area contributed by atoms with Crippen molar-refractivity contribution in [2.45, 2.75) is 45.6 Å². The standard InChI is InChI=1S/C12H23N3OS/c1-9(2)8-15(7-6-11(13)17)12(16)14-10-4-3-5-10/h9-10H,3-8H2,1-2H3,(H2,13,17)(H,14,16). The zero-order chi connectivity index (χ0) is 12.8. The summed E-state index contributed by atoms with van der Waals surface area (Å²) in [6.07, 6.45) is 4.04. The third-order valence-electron chi connectivity index (χ3n) is 2.93. The van der Waals surface area contributed by atoms with E-state index in [0.29, 0.717) is 29.9 Å². The molecule has 0 aromatic heterocycles. The highest BCUT2D eigenvalue weighted by Crippen LogP contribution is 2.18. The van der Waals surface area contributed by atoms with Gasteiger partial charge in [-0.2, -0.15) is 0 Å². The molecule has 17 heavy (non-hydrogen) atoms. The van der Waals surface area contributed by atoms with E-state index >= 15 is 0 Å². The van der Waals surface area contributed by atoms with Crippen molar-refractivity contribution in [3.05, 3.63) is 0 Å². The molecule has 4 nitrogen and oxygen atoms in total. The maximum atomic E-state index is 12.0. The highest BCUT2D eigenvalue weighted by molar-refractivity contribution is 7.80. The monoisotopic (exact) mass is 257 g/mol. The molecule has 0 aliphatic heterocycles. The van der Waals surface area contributed by atoms with Gasteiger partial charge in [0.15, 0.2) is 0 Å². The van der Waals surface area contributed by atoms with Gasteiger partial charge >= 0.3 is 6.03 Å². The van der Waals surface area contributed by atoms with Crippen molar-refractivity contribution in [3.8, 4) is 0 Å². The molecule has 1 saturated carbocycles. The lowest BCUT2D eigenvalue weighted by molar-refractivity contribution is 0.181. The van der Waals surface area contributed by atoms with E-state index in [2.05, 4.69) is 19.2 Å². The first kappa shape index (κ1) is 14.2. The number of hydrogen-bond donors (Lipinski definition) is 2. The molecule has 0 aromatic rings. The van der Waals surface area contributed by atoms with Gasteiger partial charge in [-0.3, -0.25) is 0 Å². The average Bonchev–Trinajstić information content (AvgIpc) is 2.17. The fourth-order valence-electron chi connectivity index (χ4n) is 1.78. The molecule has 1 rings (SSSR count). The van der Waals surface area contributed by atoms with E-state index in [1.165, 1.54) is 6.42 Å². The summed E-state index contributed by atoms with van der Waals surface area (Å²) in [6, 6.07) is 0.404.